The van der Waals surface area contributed by atoms with Crippen LogP contribution in [0.5, 0.6) is 0 Å². The van der Waals surface area contributed by atoms with Gasteiger partial charge in [0.15, 0.2) is 0 Å². The molecule has 0 saturated heterocycles. The van der Waals surface area contributed by atoms with Crippen molar-refractivity contribution in [2.45, 2.75) is 0 Å². The quantitative estimate of drug-likeness (QED) is 0.165. The molecule has 0 fully saturated rings. The fourth-order valence-electron chi connectivity index (χ4n) is 11.0. The number of hydrogen-bond donors (Lipinski definition) is 0. The first-order valence-corrected chi connectivity index (χ1v) is 24.0. The third-order valence-electron chi connectivity index (χ3n) is 13.9. The molecule has 66 heavy (non-hydrogen) atoms. The lowest BCUT2D eigenvalue weighted by atomic mass is 9.85. The van der Waals surface area contributed by atoms with Crippen molar-refractivity contribution in [3.8, 4) is 44.5 Å². The lowest BCUT2D eigenvalue weighted by Gasteiger charge is -2.18. The molecule has 0 atom stereocenters. The maximum absolute atomic E-state index is 6.99. The van der Waals surface area contributed by atoms with Crippen LogP contribution in [-0.2, 0) is 0 Å². The van der Waals surface area contributed by atoms with Gasteiger partial charge in [-0.3, -0.25) is 0 Å². The minimum absolute atomic E-state index is 0.907. The van der Waals surface area contributed by atoms with Gasteiger partial charge >= 0.3 is 0 Å². The molecule has 15 aromatic rings. The van der Waals surface area contributed by atoms with Gasteiger partial charge in [-0.25, -0.2) is 0 Å². The largest absolute Gasteiger partial charge is 0.455 e. The molecule has 4 heterocycles. The third kappa shape index (κ3) is 5.11. The molecule has 0 aliphatic rings. The molecule has 2 nitrogen and oxygen atoms in total. The first-order valence-electron chi connectivity index (χ1n) is 22.4. The van der Waals surface area contributed by atoms with Gasteiger partial charge in [-0.05, 0) is 97.4 Å². The van der Waals surface area contributed by atoms with E-state index in [-0.39, 0.29) is 0 Å². The molecule has 306 valence electrons. The average Bonchev–Trinajstić information content (AvgIpc) is 4.15. The molecule has 0 aliphatic heterocycles. The second kappa shape index (κ2) is 13.7. The van der Waals surface area contributed by atoms with Crippen LogP contribution in [0.3, 0.4) is 0 Å². The highest BCUT2D eigenvalue weighted by Gasteiger charge is 2.23. The number of furan rings is 2. The standard InChI is InChI=1S/C62H34O2S2/c1-2-12-35(13-3-1)36-26-28-37(29-27-36)56-40-18-8-16-38(42-20-10-22-46-57-50(63-61(42)46)30-32-54-59(57)44-14-4-6-24-52(44)65-54)48(40)34-49-39(17-9-19-41(49)56)43-21-11-23-47-58-51(64-62(43)47)31-33-55-60(58)45-15-5-7-25-53(45)66-55/h1-34H. The molecular weight excluding hydrogens is 841 g/mol. The molecule has 0 radical (unpaired) electrons. The predicted molar refractivity (Wildman–Crippen MR) is 284 cm³/mol. The Hall–Kier alpha value is -8.02. The van der Waals surface area contributed by atoms with Crippen LogP contribution in [0, 0.1) is 0 Å². The van der Waals surface area contributed by atoms with Crippen LogP contribution in [0.15, 0.2) is 215 Å². The summed E-state index contributed by atoms with van der Waals surface area (Å²) in [6, 6.07) is 75.3. The zero-order valence-corrected chi connectivity index (χ0v) is 36.9. The van der Waals surface area contributed by atoms with E-state index in [1.165, 1.54) is 94.9 Å². The topological polar surface area (TPSA) is 26.3 Å². The number of rotatable bonds is 4. The van der Waals surface area contributed by atoms with Gasteiger partial charge < -0.3 is 8.83 Å². The Morgan fingerprint density at radius 1 is 0.258 bits per heavy atom. The number of benzene rings is 11. The second-order valence-electron chi connectivity index (χ2n) is 17.4. The number of fused-ring (bicyclic) bond motifs is 16. The fourth-order valence-corrected chi connectivity index (χ4v) is 13.3. The average molecular weight is 875 g/mol. The van der Waals surface area contributed by atoms with Gasteiger partial charge in [0, 0.05) is 73.0 Å². The van der Waals surface area contributed by atoms with Crippen molar-refractivity contribution in [2.75, 3.05) is 0 Å². The van der Waals surface area contributed by atoms with Gasteiger partial charge in [0.1, 0.15) is 22.3 Å². The van der Waals surface area contributed by atoms with Crippen molar-refractivity contribution in [1.29, 1.82) is 0 Å². The van der Waals surface area contributed by atoms with Crippen molar-refractivity contribution < 1.29 is 8.83 Å². The Morgan fingerprint density at radius 2 is 0.682 bits per heavy atom. The highest BCUT2D eigenvalue weighted by molar-refractivity contribution is 7.26. The zero-order chi connectivity index (χ0) is 43.0. The third-order valence-corrected chi connectivity index (χ3v) is 16.2. The van der Waals surface area contributed by atoms with E-state index in [4.69, 9.17) is 8.83 Å². The van der Waals surface area contributed by atoms with Crippen LogP contribution in [0.25, 0.3) is 150 Å². The lowest BCUT2D eigenvalue weighted by Crippen LogP contribution is -1.91. The summed E-state index contributed by atoms with van der Waals surface area (Å²) in [6.45, 7) is 0. The van der Waals surface area contributed by atoms with Gasteiger partial charge in [-0.1, -0.05) is 164 Å². The maximum atomic E-state index is 6.99. The van der Waals surface area contributed by atoms with E-state index in [0.29, 0.717) is 0 Å². The van der Waals surface area contributed by atoms with Gasteiger partial charge in [0.05, 0.1) is 0 Å². The van der Waals surface area contributed by atoms with Crippen molar-refractivity contribution in [3.63, 3.8) is 0 Å². The SMILES string of the molecule is c1ccc(-c2ccc(-c3c4cccc(-c5cccc6c5oc5ccc7sc8ccccc8c7c56)c4cc4c(-c5cccc6c5oc5ccc7sc8ccccc8c7c56)cccc34)cc2)cc1. The van der Waals surface area contributed by atoms with Gasteiger partial charge in [-0.15, -0.1) is 22.7 Å². The molecule has 0 saturated carbocycles. The summed E-state index contributed by atoms with van der Waals surface area (Å²) in [5, 5.41) is 14.4. The van der Waals surface area contributed by atoms with Crippen LogP contribution in [0.4, 0.5) is 0 Å². The van der Waals surface area contributed by atoms with E-state index in [2.05, 4.69) is 206 Å². The van der Waals surface area contributed by atoms with Crippen molar-refractivity contribution >= 4 is 128 Å². The number of hydrogen-bond acceptors (Lipinski definition) is 4. The molecule has 0 N–H and O–H groups in total. The van der Waals surface area contributed by atoms with Crippen LogP contribution in [0.1, 0.15) is 0 Å². The second-order valence-corrected chi connectivity index (χ2v) is 19.6. The minimum Gasteiger partial charge on any atom is -0.455 e. The first kappa shape index (κ1) is 36.3. The Balaban J connectivity index is 1.02. The lowest BCUT2D eigenvalue weighted by molar-refractivity contribution is 0.670. The molecule has 0 bridgehead atoms. The Bertz CT molecular complexity index is 4260. The summed E-state index contributed by atoms with van der Waals surface area (Å²) in [5.74, 6) is 0. The summed E-state index contributed by atoms with van der Waals surface area (Å²) >= 11 is 3.69. The van der Waals surface area contributed by atoms with Crippen LogP contribution in [-0.4, -0.2) is 0 Å². The molecule has 0 aliphatic carbocycles. The van der Waals surface area contributed by atoms with E-state index in [9.17, 15) is 0 Å². The van der Waals surface area contributed by atoms with E-state index in [1.54, 1.807) is 0 Å². The van der Waals surface area contributed by atoms with Gasteiger partial charge in [0.2, 0.25) is 0 Å². The summed E-state index contributed by atoms with van der Waals surface area (Å²) in [6.07, 6.45) is 0. The summed E-state index contributed by atoms with van der Waals surface area (Å²) in [4.78, 5) is 0. The molecular formula is C62H34O2S2. The summed E-state index contributed by atoms with van der Waals surface area (Å²) < 4.78 is 19.1. The summed E-state index contributed by atoms with van der Waals surface area (Å²) in [7, 11) is 0. The molecule has 0 unspecified atom stereocenters. The molecule has 0 amide bonds. The molecule has 4 heteroatoms. The van der Waals surface area contributed by atoms with Gasteiger partial charge in [0.25, 0.3) is 0 Å². The van der Waals surface area contributed by atoms with E-state index >= 15 is 0 Å². The Labute approximate surface area is 385 Å². The highest BCUT2D eigenvalue weighted by Crippen LogP contribution is 2.50. The molecule has 0 spiro atoms. The number of thiophene rings is 2. The molecule has 4 aromatic heterocycles. The van der Waals surface area contributed by atoms with E-state index in [1.807, 2.05) is 22.7 Å². The minimum atomic E-state index is 0.907. The predicted octanol–water partition coefficient (Wildman–Crippen LogP) is 19.2. The van der Waals surface area contributed by atoms with E-state index in [0.717, 1.165) is 55.4 Å². The smallest absolute Gasteiger partial charge is 0.143 e. The van der Waals surface area contributed by atoms with Crippen molar-refractivity contribution in [3.05, 3.63) is 206 Å². The number of para-hydroxylation sites is 2. The zero-order valence-electron chi connectivity index (χ0n) is 35.3. The summed E-state index contributed by atoms with van der Waals surface area (Å²) in [5.41, 5.74) is 12.8. The van der Waals surface area contributed by atoms with Crippen LogP contribution >= 0.6 is 22.7 Å². The normalized spacial score (nSPS) is 12.2. The molecule has 11 aromatic carbocycles. The van der Waals surface area contributed by atoms with Crippen molar-refractivity contribution in [1.82, 2.24) is 0 Å². The van der Waals surface area contributed by atoms with Crippen LogP contribution < -0.4 is 0 Å². The first-order chi connectivity index (χ1) is 32.7. The maximum Gasteiger partial charge on any atom is 0.143 e. The Kier molecular flexibility index (Phi) is 7.57. The highest BCUT2D eigenvalue weighted by atomic mass is 32.1. The van der Waals surface area contributed by atoms with E-state index < -0.39 is 0 Å². The van der Waals surface area contributed by atoms with Crippen LogP contribution in [0.2, 0.25) is 0 Å². The molecule has 15 rings (SSSR count). The van der Waals surface area contributed by atoms with Crippen molar-refractivity contribution in [2.24, 2.45) is 0 Å². The fraction of sp³-hybridized carbons (Fsp3) is 0. The monoisotopic (exact) mass is 874 g/mol. The van der Waals surface area contributed by atoms with Gasteiger partial charge in [-0.2, -0.15) is 0 Å². The Morgan fingerprint density at radius 3 is 1.21 bits per heavy atom.